The zero-order valence-electron chi connectivity index (χ0n) is 16.0. The van der Waals surface area contributed by atoms with E-state index in [1.165, 1.54) is 5.56 Å². The molecule has 2 heterocycles. The average molecular weight is 372 g/mol. The van der Waals surface area contributed by atoms with Gasteiger partial charge in [-0.15, -0.1) is 0 Å². The largest absolute Gasteiger partial charge is 0.468 e. The van der Waals surface area contributed by atoms with Crippen LogP contribution in [0.4, 0.5) is 0 Å². The van der Waals surface area contributed by atoms with E-state index >= 15 is 0 Å². The summed E-state index contributed by atoms with van der Waals surface area (Å²) in [4.78, 5) is 14.8. The number of piperidine rings is 1. The number of likely N-dealkylation sites (tertiary alicyclic amines) is 1. The molecule has 3 rings (SSSR count). The molecule has 0 radical (unpaired) electrons. The minimum atomic E-state index is 0.118. The Hall–Kier alpha value is -1.68. The van der Waals surface area contributed by atoms with Gasteiger partial charge in [-0.05, 0) is 59.8 Å². The van der Waals surface area contributed by atoms with Crippen LogP contribution in [0.25, 0.3) is 0 Å². The third-order valence-corrected chi connectivity index (χ3v) is 6.27. The van der Waals surface area contributed by atoms with Crippen LogP contribution in [-0.2, 0) is 11.2 Å². The minimum Gasteiger partial charge on any atom is -0.468 e. The lowest BCUT2D eigenvalue weighted by Gasteiger charge is -2.32. The first-order valence-electron chi connectivity index (χ1n) is 9.43. The number of hydrogen-bond donors (Lipinski definition) is 0. The second-order valence-electron chi connectivity index (χ2n) is 8.16. The Bertz CT molecular complexity index is 693. The van der Waals surface area contributed by atoms with Crippen LogP contribution in [0.15, 0.2) is 47.1 Å². The van der Waals surface area contributed by atoms with E-state index in [1.54, 1.807) is 6.26 Å². The predicted octanol–water partition coefficient (Wildman–Crippen LogP) is 5.36. The van der Waals surface area contributed by atoms with Crippen molar-refractivity contribution in [2.75, 3.05) is 18.8 Å². The fraction of sp³-hybridized carbons (Fsp3) is 0.500. The summed E-state index contributed by atoms with van der Waals surface area (Å²) < 4.78 is 5.38. The maximum absolute atomic E-state index is 12.7. The predicted molar refractivity (Wildman–Crippen MR) is 109 cm³/mol. The summed E-state index contributed by atoms with van der Waals surface area (Å²) in [5, 5.41) is 0. The molecule has 26 heavy (non-hydrogen) atoms. The smallest absolute Gasteiger partial charge is 0.253 e. The normalized spacial score (nSPS) is 16.0. The fourth-order valence-corrected chi connectivity index (χ4v) is 4.47. The molecule has 3 nitrogen and oxygen atoms in total. The second-order valence-corrected chi connectivity index (χ2v) is 9.19. The molecule has 1 aliphatic heterocycles. The molecule has 0 unspecified atom stereocenters. The van der Waals surface area contributed by atoms with E-state index in [0.29, 0.717) is 5.92 Å². The summed E-state index contributed by atoms with van der Waals surface area (Å²) >= 11 is 1.93. The van der Waals surface area contributed by atoms with E-state index in [0.717, 1.165) is 48.8 Å². The van der Waals surface area contributed by atoms with Crippen molar-refractivity contribution in [3.05, 3.63) is 59.5 Å². The molecule has 1 aromatic heterocycles. The van der Waals surface area contributed by atoms with Gasteiger partial charge in [0, 0.05) is 18.7 Å². The van der Waals surface area contributed by atoms with Gasteiger partial charge in [-0.25, -0.2) is 0 Å². The number of hydrogen-bond acceptors (Lipinski definition) is 3. The molecule has 1 fully saturated rings. The second kappa shape index (κ2) is 8.34. The zero-order valence-corrected chi connectivity index (χ0v) is 16.8. The molecule has 0 aliphatic carbocycles. The number of nitrogens with zero attached hydrogens (tertiary/aromatic N) is 1. The number of amides is 1. The van der Waals surface area contributed by atoms with E-state index in [-0.39, 0.29) is 11.3 Å². The molecule has 1 amide bonds. The first kappa shape index (κ1) is 19.1. The van der Waals surface area contributed by atoms with Gasteiger partial charge in [-0.3, -0.25) is 4.79 Å². The molecule has 0 N–H and O–H groups in total. The van der Waals surface area contributed by atoms with Crippen molar-refractivity contribution in [3.8, 4) is 0 Å². The molecule has 1 aliphatic rings. The van der Waals surface area contributed by atoms with Crippen molar-refractivity contribution in [1.29, 1.82) is 0 Å². The van der Waals surface area contributed by atoms with E-state index < -0.39 is 0 Å². The molecule has 1 aromatic carbocycles. The molecule has 2 aromatic rings. The van der Waals surface area contributed by atoms with Gasteiger partial charge in [-0.1, -0.05) is 32.9 Å². The lowest BCUT2D eigenvalue weighted by molar-refractivity contribution is 0.0698. The quantitative estimate of drug-likeness (QED) is 0.709. The third kappa shape index (κ3) is 4.94. The molecule has 0 atom stereocenters. The lowest BCUT2D eigenvalue weighted by atomic mass is 9.86. The number of furan rings is 1. The van der Waals surface area contributed by atoms with Crippen molar-refractivity contribution < 1.29 is 9.21 Å². The van der Waals surface area contributed by atoms with Gasteiger partial charge in [0.2, 0.25) is 0 Å². The zero-order chi connectivity index (χ0) is 18.6. The van der Waals surface area contributed by atoms with Gasteiger partial charge in [0.15, 0.2) is 0 Å². The van der Waals surface area contributed by atoms with Crippen molar-refractivity contribution >= 4 is 17.7 Å². The molecule has 140 valence electrons. The first-order chi connectivity index (χ1) is 12.4. The van der Waals surface area contributed by atoms with Gasteiger partial charge in [0.25, 0.3) is 5.91 Å². The average Bonchev–Trinajstić information content (AvgIpc) is 3.15. The number of carbonyl (C=O) groups is 1. The van der Waals surface area contributed by atoms with E-state index in [2.05, 4.69) is 32.9 Å². The van der Waals surface area contributed by atoms with Crippen LogP contribution < -0.4 is 0 Å². The maximum Gasteiger partial charge on any atom is 0.253 e. The highest BCUT2D eigenvalue weighted by Gasteiger charge is 2.24. The van der Waals surface area contributed by atoms with Gasteiger partial charge < -0.3 is 9.32 Å². The maximum atomic E-state index is 12.7. The van der Waals surface area contributed by atoms with Crippen LogP contribution in [0.2, 0.25) is 0 Å². The Morgan fingerprint density at radius 2 is 1.85 bits per heavy atom. The van der Waals surface area contributed by atoms with Crippen molar-refractivity contribution in [1.82, 2.24) is 4.90 Å². The molecule has 0 spiro atoms. The summed E-state index contributed by atoms with van der Waals surface area (Å²) in [6.45, 7) is 8.31. The highest BCUT2D eigenvalue weighted by atomic mass is 32.2. The van der Waals surface area contributed by atoms with Crippen LogP contribution in [0, 0.1) is 5.92 Å². The Morgan fingerprint density at radius 3 is 2.42 bits per heavy atom. The summed E-state index contributed by atoms with van der Waals surface area (Å²) in [5.74, 6) is 3.99. The Balaban J connectivity index is 1.46. The first-order valence-corrected chi connectivity index (χ1v) is 10.6. The fourth-order valence-electron chi connectivity index (χ4n) is 3.32. The molecule has 1 saturated heterocycles. The van der Waals surface area contributed by atoms with Gasteiger partial charge in [0.1, 0.15) is 5.76 Å². The highest BCUT2D eigenvalue weighted by Crippen LogP contribution is 2.26. The van der Waals surface area contributed by atoms with Crippen LogP contribution in [0.3, 0.4) is 0 Å². The lowest BCUT2D eigenvalue weighted by Crippen LogP contribution is -2.39. The Labute approximate surface area is 161 Å². The van der Waals surface area contributed by atoms with E-state index in [9.17, 15) is 4.79 Å². The SMILES string of the molecule is CC(C)(C)c1ccc(C(=O)N2CCC(CSCc3ccco3)CC2)cc1. The highest BCUT2D eigenvalue weighted by molar-refractivity contribution is 7.98. The Morgan fingerprint density at radius 1 is 1.15 bits per heavy atom. The molecular weight excluding hydrogens is 342 g/mol. The molecule has 0 bridgehead atoms. The summed E-state index contributed by atoms with van der Waals surface area (Å²) in [6, 6.07) is 12.1. The number of rotatable bonds is 5. The Kier molecular flexibility index (Phi) is 6.13. The summed E-state index contributed by atoms with van der Waals surface area (Å²) in [5.41, 5.74) is 2.19. The molecular formula is C22H29NO2S. The molecule has 4 heteroatoms. The standard InChI is InChI=1S/C22H29NO2S/c1-22(2,3)19-8-6-18(7-9-19)21(24)23-12-10-17(11-13-23)15-26-16-20-5-4-14-25-20/h4-9,14,17H,10-13,15-16H2,1-3H3. The third-order valence-electron chi connectivity index (χ3n) is 5.08. The number of thioether (sulfide) groups is 1. The van der Waals surface area contributed by atoms with Crippen LogP contribution in [-0.4, -0.2) is 29.6 Å². The minimum absolute atomic E-state index is 0.118. The van der Waals surface area contributed by atoms with E-state index in [1.807, 2.05) is 40.9 Å². The van der Waals surface area contributed by atoms with Gasteiger partial charge >= 0.3 is 0 Å². The van der Waals surface area contributed by atoms with Gasteiger partial charge in [-0.2, -0.15) is 11.8 Å². The van der Waals surface area contributed by atoms with Crippen molar-refractivity contribution in [2.45, 2.75) is 44.8 Å². The number of benzene rings is 1. The van der Waals surface area contributed by atoms with Crippen molar-refractivity contribution in [3.63, 3.8) is 0 Å². The van der Waals surface area contributed by atoms with Crippen LogP contribution >= 0.6 is 11.8 Å². The summed E-state index contributed by atoms with van der Waals surface area (Å²) in [6.07, 6.45) is 3.92. The van der Waals surface area contributed by atoms with E-state index in [4.69, 9.17) is 4.42 Å². The molecule has 0 saturated carbocycles. The number of carbonyl (C=O) groups excluding carboxylic acids is 1. The topological polar surface area (TPSA) is 33.5 Å². The van der Waals surface area contributed by atoms with Gasteiger partial charge in [0.05, 0.1) is 12.0 Å². The van der Waals surface area contributed by atoms with Crippen molar-refractivity contribution in [2.24, 2.45) is 5.92 Å². The monoisotopic (exact) mass is 371 g/mol. The van der Waals surface area contributed by atoms with Crippen LogP contribution in [0.5, 0.6) is 0 Å². The van der Waals surface area contributed by atoms with Crippen LogP contribution in [0.1, 0.15) is 55.3 Å². The summed E-state index contributed by atoms with van der Waals surface area (Å²) in [7, 11) is 0.